The molecule has 0 saturated carbocycles. The summed E-state index contributed by atoms with van der Waals surface area (Å²) in [5, 5.41) is 3.35. The summed E-state index contributed by atoms with van der Waals surface area (Å²) in [5.74, 6) is -0.377. The van der Waals surface area contributed by atoms with E-state index in [1.807, 2.05) is 13.1 Å². The Morgan fingerprint density at radius 3 is 2.78 bits per heavy atom. The number of nitrogens with one attached hydrogen (secondary N) is 1. The van der Waals surface area contributed by atoms with Crippen LogP contribution in [0.5, 0.6) is 0 Å². The molecule has 1 aliphatic heterocycles. The zero-order valence-electron chi connectivity index (χ0n) is 10.3. The number of rotatable bonds is 5. The zero-order valence-corrected chi connectivity index (χ0v) is 11.0. The molecule has 1 aromatic carbocycles. The maximum absolute atomic E-state index is 13.3. The van der Waals surface area contributed by atoms with Crippen LogP contribution in [0.1, 0.15) is 12.0 Å². The van der Waals surface area contributed by atoms with E-state index in [0.717, 1.165) is 12.0 Å². The van der Waals surface area contributed by atoms with Gasteiger partial charge in [-0.05, 0) is 31.2 Å². The van der Waals surface area contributed by atoms with Gasteiger partial charge in [-0.1, -0.05) is 17.7 Å². The molecular formula is C13H17ClFNO2. The van der Waals surface area contributed by atoms with Crippen LogP contribution in [-0.2, 0) is 15.9 Å². The molecule has 1 N–H and O–H groups in total. The van der Waals surface area contributed by atoms with E-state index in [1.165, 1.54) is 6.07 Å². The van der Waals surface area contributed by atoms with Gasteiger partial charge in [0.05, 0.1) is 18.2 Å². The first-order chi connectivity index (χ1) is 8.69. The molecule has 100 valence electrons. The van der Waals surface area contributed by atoms with Crippen LogP contribution < -0.4 is 5.32 Å². The number of likely N-dealkylation sites (N-methyl/N-ethyl adjacent to an activating group) is 1. The zero-order chi connectivity index (χ0) is 13.0. The van der Waals surface area contributed by atoms with Crippen LogP contribution in [0.15, 0.2) is 18.2 Å². The van der Waals surface area contributed by atoms with Crippen molar-refractivity contribution in [1.82, 2.24) is 5.32 Å². The monoisotopic (exact) mass is 273 g/mol. The minimum atomic E-state index is -0.377. The highest BCUT2D eigenvalue weighted by atomic mass is 35.5. The molecule has 1 unspecified atom stereocenters. The average Bonchev–Trinajstić information content (AvgIpc) is 2.86. The highest BCUT2D eigenvalue weighted by Gasteiger charge is 2.20. The van der Waals surface area contributed by atoms with Gasteiger partial charge in [0.15, 0.2) is 6.29 Å². The Morgan fingerprint density at radius 2 is 2.17 bits per heavy atom. The van der Waals surface area contributed by atoms with E-state index in [0.29, 0.717) is 19.6 Å². The maximum Gasteiger partial charge on any atom is 0.159 e. The molecule has 2 rings (SSSR count). The van der Waals surface area contributed by atoms with Crippen LogP contribution in [0.25, 0.3) is 0 Å². The van der Waals surface area contributed by atoms with Crippen molar-refractivity contribution in [2.24, 2.45) is 0 Å². The highest BCUT2D eigenvalue weighted by molar-refractivity contribution is 6.30. The molecule has 0 spiro atoms. The molecule has 0 bridgehead atoms. The summed E-state index contributed by atoms with van der Waals surface area (Å²) < 4.78 is 24.2. The highest BCUT2D eigenvalue weighted by Crippen LogP contribution is 2.18. The van der Waals surface area contributed by atoms with Gasteiger partial charge in [0.1, 0.15) is 5.82 Å². The summed E-state index contributed by atoms with van der Waals surface area (Å²) >= 11 is 5.66. The van der Waals surface area contributed by atoms with Crippen LogP contribution in [0.4, 0.5) is 4.39 Å². The van der Waals surface area contributed by atoms with Crippen molar-refractivity contribution in [3.63, 3.8) is 0 Å². The molecular weight excluding hydrogens is 257 g/mol. The van der Waals surface area contributed by atoms with Gasteiger partial charge in [0.2, 0.25) is 0 Å². The van der Waals surface area contributed by atoms with E-state index in [9.17, 15) is 4.39 Å². The number of hydrogen-bond donors (Lipinski definition) is 1. The summed E-state index contributed by atoms with van der Waals surface area (Å²) in [5.41, 5.74) is 0.911. The van der Waals surface area contributed by atoms with Gasteiger partial charge in [-0.25, -0.2) is 4.39 Å². The number of benzene rings is 1. The quantitative estimate of drug-likeness (QED) is 0.893. The van der Waals surface area contributed by atoms with Crippen molar-refractivity contribution in [3.8, 4) is 0 Å². The van der Waals surface area contributed by atoms with Gasteiger partial charge in [-0.15, -0.1) is 0 Å². The molecule has 0 aromatic heterocycles. The fourth-order valence-corrected chi connectivity index (χ4v) is 2.15. The second-order valence-electron chi connectivity index (χ2n) is 4.35. The van der Waals surface area contributed by atoms with E-state index in [4.69, 9.17) is 21.1 Å². The molecule has 0 amide bonds. The maximum atomic E-state index is 13.3. The molecule has 5 heteroatoms. The Morgan fingerprint density at radius 1 is 1.44 bits per heavy atom. The lowest BCUT2D eigenvalue weighted by Crippen LogP contribution is -2.32. The summed E-state index contributed by atoms with van der Waals surface area (Å²) in [7, 11) is 1.88. The average molecular weight is 274 g/mol. The van der Waals surface area contributed by atoms with Crippen LogP contribution in [-0.4, -0.2) is 32.6 Å². The molecule has 18 heavy (non-hydrogen) atoms. The molecule has 0 aliphatic carbocycles. The van der Waals surface area contributed by atoms with Gasteiger partial charge >= 0.3 is 0 Å². The predicted octanol–water partition coefficient (Wildman–Crippen LogP) is 2.37. The molecule has 1 saturated heterocycles. The van der Waals surface area contributed by atoms with Crippen LogP contribution >= 0.6 is 11.6 Å². The van der Waals surface area contributed by atoms with E-state index in [2.05, 4.69) is 5.32 Å². The Kier molecular flexibility index (Phi) is 4.95. The Labute approximate surface area is 111 Å². The molecule has 1 heterocycles. The lowest BCUT2D eigenvalue weighted by molar-refractivity contribution is -0.0522. The lowest BCUT2D eigenvalue weighted by Gasteiger charge is -2.19. The van der Waals surface area contributed by atoms with Gasteiger partial charge in [0.25, 0.3) is 0 Å². The predicted molar refractivity (Wildman–Crippen MR) is 68.3 cm³/mol. The Balaban J connectivity index is 1.94. The third kappa shape index (κ3) is 3.65. The van der Waals surface area contributed by atoms with E-state index in [-0.39, 0.29) is 23.2 Å². The van der Waals surface area contributed by atoms with E-state index >= 15 is 0 Å². The molecule has 3 nitrogen and oxygen atoms in total. The van der Waals surface area contributed by atoms with Crippen LogP contribution in [0, 0.1) is 5.82 Å². The van der Waals surface area contributed by atoms with Crippen LogP contribution in [0.3, 0.4) is 0 Å². The number of halogens is 2. The smallest absolute Gasteiger partial charge is 0.159 e. The fourth-order valence-electron chi connectivity index (χ4n) is 2.03. The molecule has 1 fully saturated rings. The first-order valence-corrected chi connectivity index (χ1v) is 6.41. The summed E-state index contributed by atoms with van der Waals surface area (Å²) in [6.07, 6.45) is 1.31. The van der Waals surface area contributed by atoms with Crippen LogP contribution in [0.2, 0.25) is 5.02 Å². The molecule has 1 aliphatic rings. The van der Waals surface area contributed by atoms with Crippen molar-refractivity contribution in [3.05, 3.63) is 34.6 Å². The van der Waals surface area contributed by atoms with Gasteiger partial charge in [0, 0.05) is 12.5 Å². The molecule has 1 aromatic rings. The molecule has 1 atom stereocenters. The minimum Gasteiger partial charge on any atom is -0.350 e. The second-order valence-corrected chi connectivity index (χ2v) is 4.75. The third-order valence-electron chi connectivity index (χ3n) is 3.04. The number of ether oxygens (including phenoxy) is 2. The second kappa shape index (κ2) is 6.48. The normalized spacial score (nSPS) is 18.2. The van der Waals surface area contributed by atoms with E-state index < -0.39 is 0 Å². The topological polar surface area (TPSA) is 30.5 Å². The minimum absolute atomic E-state index is 0.153. The summed E-state index contributed by atoms with van der Waals surface area (Å²) in [6, 6.07) is 5.09. The van der Waals surface area contributed by atoms with Crippen molar-refractivity contribution in [2.45, 2.75) is 25.2 Å². The number of hydrogen-bond acceptors (Lipinski definition) is 3. The Hall–Kier alpha value is -0.680. The standard InChI is InChI=1S/C13H17ClFNO2/c1-16-10(8-13-17-4-5-18-13)6-9-2-3-11(14)12(15)7-9/h2-3,7,10,13,16H,4-6,8H2,1H3. The van der Waals surface area contributed by atoms with Gasteiger partial charge in [-0.3, -0.25) is 0 Å². The SMILES string of the molecule is CNC(Cc1ccc(Cl)c(F)c1)CC1OCCO1. The first-order valence-electron chi connectivity index (χ1n) is 6.03. The van der Waals surface area contributed by atoms with E-state index in [1.54, 1.807) is 6.07 Å². The lowest BCUT2D eigenvalue weighted by atomic mass is 10.0. The van der Waals surface area contributed by atoms with Gasteiger partial charge < -0.3 is 14.8 Å². The summed E-state index contributed by atoms with van der Waals surface area (Å²) in [6.45, 7) is 1.30. The fraction of sp³-hybridized carbons (Fsp3) is 0.538. The summed E-state index contributed by atoms with van der Waals surface area (Å²) in [4.78, 5) is 0. The van der Waals surface area contributed by atoms with Crippen molar-refractivity contribution in [1.29, 1.82) is 0 Å². The van der Waals surface area contributed by atoms with Gasteiger partial charge in [-0.2, -0.15) is 0 Å². The third-order valence-corrected chi connectivity index (χ3v) is 3.35. The largest absolute Gasteiger partial charge is 0.350 e. The van der Waals surface area contributed by atoms with Crippen molar-refractivity contribution >= 4 is 11.6 Å². The Bertz CT molecular complexity index is 397. The first kappa shape index (κ1) is 13.7. The molecule has 0 radical (unpaired) electrons. The van der Waals surface area contributed by atoms with Crippen molar-refractivity contribution in [2.75, 3.05) is 20.3 Å². The van der Waals surface area contributed by atoms with Crippen molar-refractivity contribution < 1.29 is 13.9 Å².